The maximum absolute atomic E-state index is 11.7. The van der Waals surface area contributed by atoms with Gasteiger partial charge in [-0.05, 0) is 30.9 Å². The highest BCUT2D eigenvalue weighted by molar-refractivity contribution is 7.09. The van der Waals surface area contributed by atoms with E-state index in [9.17, 15) is 4.79 Å². The van der Waals surface area contributed by atoms with Crippen LogP contribution in [0.4, 0.5) is 4.79 Å². The number of aromatic nitrogens is 2. The maximum Gasteiger partial charge on any atom is 0.315 e. The van der Waals surface area contributed by atoms with Crippen molar-refractivity contribution in [2.24, 2.45) is 0 Å². The lowest BCUT2D eigenvalue weighted by atomic mass is 10.3. The fraction of sp³-hybridized carbons (Fsp3) is 0.385. The third-order valence-electron chi connectivity index (χ3n) is 2.63. The SMILES string of the molecule is CC(Cn1cccn1)NC(=O)NCCc1cccs1. The first-order valence-corrected chi connectivity index (χ1v) is 7.16. The van der Waals surface area contributed by atoms with E-state index in [4.69, 9.17) is 0 Å². The van der Waals surface area contributed by atoms with Gasteiger partial charge in [0, 0.05) is 29.9 Å². The molecule has 1 atom stereocenters. The van der Waals surface area contributed by atoms with Gasteiger partial charge in [-0.3, -0.25) is 4.68 Å². The predicted molar refractivity (Wildman–Crippen MR) is 76.2 cm³/mol. The zero-order chi connectivity index (χ0) is 13.5. The normalized spacial score (nSPS) is 12.1. The molecule has 0 radical (unpaired) electrons. The van der Waals surface area contributed by atoms with Crippen molar-refractivity contribution in [1.82, 2.24) is 20.4 Å². The van der Waals surface area contributed by atoms with Crippen molar-refractivity contribution in [1.29, 1.82) is 0 Å². The Kier molecular flexibility index (Phi) is 4.97. The van der Waals surface area contributed by atoms with Crippen LogP contribution in [0.15, 0.2) is 36.0 Å². The summed E-state index contributed by atoms with van der Waals surface area (Å²) in [5, 5.41) is 11.9. The van der Waals surface area contributed by atoms with Gasteiger partial charge in [0.1, 0.15) is 0 Å². The summed E-state index contributed by atoms with van der Waals surface area (Å²) in [6, 6.07) is 5.88. The second-order valence-corrected chi connectivity index (χ2v) is 5.39. The quantitative estimate of drug-likeness (QED) is 0.847. The molecular weight excluding hydrogens is 260 g/mol. The number of thiophene rings is 1. The molecule has 2 heterocycles. The molecule has 0 bridgehead atoms. The molecule has 2 amide bonds. The Morgan fingerprint density at radius 3 is 3.11 bits per heavy atom. The number of urea groups is 1. The molecular formula is C13H18N4OS. The van der Waals surface area contributed by atoms with Gasteiger partial charge in [0.05, 0.1) is 6.54 Å². The lowest BCUT2D eigenvalue weighted by Crippen LogP contribution is -2.43. The first kappa shape index (κ1) is 13.6. The number of carbonyl (C=O) groups is 1. The van der Waals surface area contributed by atoms with E-state index in [0.717, 1.165) is 6.42 Å². The Labute approximate surface area is 116 Å². The fourth-order valence-electron chi connectivity index (χ4n) is 1.76. The minimum absolute atomic E-state index is 0.0432. The lowest BCUT2D eigenvalue weighted by Gasteiger charge is -2.14. The van der Waals surface area contributed by atoms with E-state index >= 15 is 0 Å². The Morgan fingerprint density at radius 1 is 1.53 bits per heavy atom. The highest BCUT2D eigenvalue weighted by Crippen LogP contribution is 2.07. The summed E-state index contributed by atoms with van der Waals surface area (Å²) in [6.45, 7) is 3.28. The number of rotatable bonds is 6. The van der Waals surface area contributed by atoms with Gasteiger partial charge in [-0.1, -0.05) is 6.07 Å². The molecule has 5 nitrogen and oxygen atoms in total. The Bertz CT molecular complexity index is 481. The second kappa shape index (κ2) is 6.94. The summed E-state index contributed by atoms with van der Waals surface area (Å²) in [6.07, 6.45) is 4.49. The molecule has 2 aromatic heterocycles. The van der Waals surface area contributed by atoms with E-state index in [1.807, 2.05) is 30.6 Å². The molecule has 2 N–H and O–H groups in total. The van der Waals surface area contributed by atoms with Crippen LogP contribution in [-0.4, -0.2) is 28.4 Å². The van der Waals surface area contributed by atoms with Crippen LogP contribution in [0.1, 0.15) is 11.8 Å². The van der Waals surface area contributed by atoms with E-state index in [-0.39, 0.29) is 12.1 Å². The Balaban J connectivity index is 1.63. The van der Waals surface area contributed by atoms with Crippen LogP contribution in [0.25, 0.3) is 0 Å². The van der Waals surface area contributed by atoms with Crippen LogP contribution in [-0.2, 0) is 13.0 Å². The van der Waals surface area contributed by atoms with Gasteiger partial charge in [-0.15, -0.1) is 11.3 Å². The molecule has 0 fully saturated rings. The van der Waals surface area contributed by atoms with E-state index < -0.39 is 0 Å². The summed E-state index contributed by atoms with van der Waals surface area (Å²) >= 11 is 1.71. The topological polar surface area (TPSA) is 59.0 Å². The van der Waals surface area contributed by atoms with Crippen LogP contribution < -0.4 is 10.6 Å². The molecule has 2 rings (SSSR count). The predicted octanol–water partition coefficient (Wildman–Crippen LogP) is 1.87. The molecule has 0 saturated heterocycles. The van der Waals surface area contributed by atoms with E-state index in [1.54, 1.807) is 22.2 Å². The van der Waals surface area contributed by atoms with Gasteiger partial charge in [0.2, 0.25) is 0 Å². The van der Waals surface area contributed by atoms with Gasteiger partial charge < -0.3 is 10.6 Å². The van der Waals surface area contributed by atoms with E-state index in [1.165, 1.54) is 4.88 Å². The molecule has 0 spiro atoms. The molecule has 2 aromatic rings. The van der Waals surface area contributed by atoms with Crippen LogP contribution in [0.3, 0.4) is 0 Å². The summed E-state index contributed by atoms with van der Waals surface area (Å²) in [5.41, 5.74) is 0. The first-order chi connectivity index (χ1) is 9.24. The maximum atomic E-state index is 11.7. The summed E-state index contributed by atoms with van der Waals surface area (Å²) in [7, 11) is 0. The van der Waals surface area contributed by atoms with E-state index in [0.29, 0.717) is 13.1 Å². The van der Waals surface area contributed by atoms with Gasteiger partial charge in [0.15, 0.2) is 0 Å². The van der Waals surface area contributed by atoms with Crippen molar-refractivity contribution in [2.75, 3.05) is 6.54 Å². The molecule has 1 unspecified atom stereocenters. The number of nitrogens with one attached hydrogen (secondary N) is 2. The minimum atomic E-state index is -0.129. The number of hydrogen-bond acceptors (Lipinski definition) is 3. The molecule has 0 aliphatic heterocycles. The summed E-state index contributed by atoms with van der Waals surface area (Å²) in [5.74, 6) is 0. The molecule has 0 saturated carbocycles. The molecule has 6 heteroatoms. The molecule has 0 aliphatic carbocycles. The Hall–Kier alpha value is -1.82. The van der Waals surface area contributed by atoms with Crippen molar-refractivity contribution < 1.29 is 4.79 Å². The van der Waals surface area contributed by atoms with Crippen LogP contribution >= 0.6 is 11.3 Å². The number of amides is 2. The third kappa shape index (κ3) is 4.75. The smallest absolute Gasteiger partial charge is 0.315 e. The van der Waals surface area contributed by atoms with Gasteiger partial charge in [-0.25, -0.2) is 4.79 Å². The molecule has 0 aromatic carbocycles. The fourth-order valence-corrected chi connectivity index (χ4v) is 2.47. The zero-order valence-corrected chi connectivity index (χ0v) is 11.7. The monoisotopic (exact) mass is 278 g/mol. The summed E-state index contributed by atoms with van der Waals surface area (Å²) < 4.78 is 1.80. The highest BCUT2D eigenvalue weighted by atomic mass is 32.1. The second-order valence-electron chi connectivity index (χ2n) is 4.36. The van der Waals surface area contributed by atoms with Gasteiger partial charge in [-0.2, -0.15) is 5.10 Å². The number of nitrogens with zero attached hydrogens (tertiary/aromatic N) is 2. The molecule has 102 valence electrons. The van der Waals surface area contributed by atoms with E-state index in [2.05, 4.69) is 21.8 Å². The van der Waals surface area contributed by atoms with Crippen molar-refractivity contribution in [3.05, 3.63) is 40.8 Å². The minimum Gasteiger partial charge on any atom is -0.338 e. The van der Waals surface area contributed by atoms with Crippen molar-refractivity contribution in [2.45, 2.75) is 25.9 Å². The summed E-state index contributed by atoms with van der Waals surface area (Å²) in [4.78, 5) is 12.9. The third-order valence-corrected chi connectivity index (χ3v) is 3.57. The lowest BCUT2D eigenvalue weighted by molar-refractivity contribution is 0.236. The van der Waals surface area contributed by atoms with Crippen LogP contribution in [0.2, 0.25) is 0 Å². The Morgan fingerprint density at radius 2 is 2.42 bits per heavy atom. The van der Waals surface area contributed by atoms with Crippen LogP contribution in [0.5, 0.6) is 0 Å². The number of carbonyl (C=O) groups excluding carboxylic acids is 1. The zero-order valence-electron chi connectivity index (χ0n) is 10.9. The standard InChI is InChI=1S/C13H18N4OS/c1-11(10-17-8-3-6-15-17)16-13(18)14-7-5-12-4-2-9-19-12/h2-4,6,8-9,11H,5,7,10H2,1H3,(H2,14,16,18). The van der Waals surface area contributed by atoms with Crippen molar-refractivity contribution in [3.8, 4) is 0 Å². The van der Waals surface area contributed by atoms with Crippen molar-refractivity contribution >= 4 is 17.4 Å². The largest absolute Gasteiger partial charge is 0.338 e. The average Bonchev–Trinajstić information content (AvgIpc) is 3.01. The molecule has 0 aliphatic rings. The first-order valence-electron chi connectivity index (χ1n) is 6.28. The van der Waals surface area contributed by atoms with Crippen LogP contribution in [0, 0.1) is 0 Å². The molecule has 19 heavy (non-hydrogen) atoms. The number of hydrogen-bond donors (Lipinski definition) is 2. The average molecular weight is 278 g/mol. The van der Waals surface area contributed by atoms with Gasteiger partial charge >= 0.3 is 6.03 Å². The highest BCUT2D eigenvalue weighted by Gasteiger charge is 2.07. The van der Waals surface area contributed by atoms with Gasteiger partial charge in [0.25, 0.3) is 0 Å². The van der Waals surface area contributed by atoms with Crippen molar-refractivity contribution in [3.63, 3.8) is 0 Å².